The summed E-state index contributed by atoms with van der Waals surface area (Å²) in [4.78, 5) is 0. The van der Waals surface area contributed by atoms with Crippen molar-refractivity contribution in [1.82, 2.24) is 0 Å². The summed E-state index contributed by atoms with van der Waals surface area (Å²) in [5, 5.41) is 1.84. The fraction of sp³-hybridized carbons (Fsp3) is 0.613. The molecule has 0 atom stereocenters. The van der Waals surface area contributed by atoms with Crippen LogP contribution >= 0.6 is 0 Å². The van der Waals surface area contributed by atoms with Crippen LogP contribution in [-0.2, 0) is 12.8 Å². The minimum Gasteiger partial charge on any atom is -0.206 e. The molecular formula is C31H43F. The van der Waals surface area contributed by atoms with E-state index in [9.17, 15) is 4.39 Å². The highest BCUT2D eigenvalue weighted by molar-refractivity contribution is 5.84. The Labute approximate surface area is 195 Å². The van der Waals surface area contributed by atoms with Gasteiger partial charge in [0.2, 0.25) is 0 Å². The van der Waals surface area contributed by atoms with Crippen LogP contribution in [0.15, 0.2) is 42.5 Å². The monoisotopic (exact) mass is 434 g/mol. The first-order valence-corrected chi connectivity index (χ1v) is 13.5. The molecule has 0 N–H and O–H groups in total. The van der Waals surface area contributed by atoms with Crippen LogP contribution in [0.1, 0.15) is 95.6 Å². The van der Waals surface area contributed by atoms with Crippen LogP contribution in [0.25, 0.3) is 10.8 Å². The average Bonchev–Trinajstić information content (AvgIpc) is 2.84. The Hall–Kier alpha value is -1.63. The fourth-order valence-corrected chi connectivity index (χ4v) is 6.53. The molecule has 32 heavy (non-hydrogen) atoms. The zero-order chi connectivity index (χ0) is 22.3. The highest BCUT2D eigenvalue weighted by Crippen LogP contribution is 2.42. The number of aryl methyl sites for hydroxylation is 2. The third kappa shape index (κ3) is 5.83. The molecular weight excluding hydrogens is 391 g/mol. The number of hydrogen-bond donors (Lipinski definition) is 0. The van der Waals surface area contributed by atoms with E-state index < -0.39 is 0 Å². The number of benzene rings is 2. The zero-order valence-electron chi connectivity index (χ0n) is 20.4. The molecule has 1 heteroatoms. The summed E-state index contributed by atoms with van der Waals surface area (Å²) in [5.41, 5.74) is 2.21. The molecule has 2 fully saturated rings. The van der Waals surface area contributed by atoms with E-state index in [1.165, 1.54) is 69.8 Å². The lowest BCUT2D eigenvalue weighted by atomic mass is 9.68. The van der Waals surface area contributed by atoms with E-state index in [2.05, 4.69) is 31.2 Å². The molecule has 0 amide bonds. The fourth-order valence-electron chi connectivity index (χ4n) is 6.53. The van der Waals surface area contributed by atoms with Crippen LogP contribution < -0.4 is 0 Å². The van der Waals surface area contributed by atoms with Gasteiger partial charge < -0.3 is 0 Å². The maximum Gasteiger partial charge on any atom is 0.134 e. The van der Waals surface area contributed by atoms with Crippen LogP contribution in [0.5, 0.6) is 0 Å². The van der Waals surface area contributed by atoms with E-state index in [4.69, 9.17) is 0 Å². The first-order valence-electron chi connectivity index (χ1n) is 13.5. The van der Waals surface area contributed by atoms with E-state index in [0.29, 0.717) is 0 Å². The summed E-state index contributed by atoms with van der Waals surface area (Å²) in [6.07, 6.45) is 21.4. The van der Waals surface area contributed by atoms with Crippen LogP contribution in [0.3, 0.4) is 0 Å². The molecule has 0 unspecified atom stereocenters. The summed E-state index contributed by atoms with van der Waals surface area (Å²) in [7, 11) is 0. The van der Waals surface area contributed by atoms with Gasteiger partial charge in [-0.25, -0.2) is 4.39 Å². The van der Waals surface area contributed by atoms with Crippen LogP contribution in [-0.4, -0.2) is 0 Å². The Morgan fingerprint density at radius 3 is 2.19 bits per heavy atom. The molecule has 174 valence electrons. The Morgan fingerprint density at radius 2 is 1.53 bits per heavy atom. The summed E-state index contributed by atoms with van der Waals surface area (Å²) < 4.78 is 14.9. The van der Waals surface area contributed by atoms with Gasteiger partial charge in [0, 0.05) is 5.39 Å². The number of rotatable bonds is 8. The average molecular weight is 435 g/mol. The van der Waals surface area contributed by atoms with Crippen molar-refractivity contribution in [2.75, 3.05) is 0 Å². The molecule has 2 saturated carbocycles. The summed E-state index contributed by atoms with van der Waals surface area (Å²) in [5.74, 6) is 3.92. The molecule has 0 bridgehead atoms. The number of halogens is 1. The van der Waals surface area contributed by atoms with Gasteiger partial charge in [-0.15, -0.1) is 0 Å². The molecule has 2 aromatic rings. The third-order valence-corrected chi connectivity index (χ3v) is 8.78. The predicted octanol–water partition coefficient (Wildman–Crippen LogP) is 9.44. The molecule has 0 aliphatic heterocycles. The molecule has 0 spiro atoms. The van der Waals surface area contributed by atoms with E-state index in [0.717, 1.165) is 59.3 Å². The SMILES string of the molecule is C/C=C/CCc1ccc2cc(CCC3CCC(C4CCC(CC)CC4)CC3)ccc2c1F. The van der Waals surface area contributed by atoms with Crippen molar-refractivity contribution in [3.05, 3.63) is 59.4 Å². The lowest BCUT2D eigenvalue weighted by Gasteiger charge is -2.37. The van der Waals surface area contributed by atoms with Crippen molar-refractivity contribution in [2.24, 2.45) is 23.7 Å². The minimum absolute atomic E-state index is 0.0233. The van der Waals surface area contributed by atoms with Crippen LogP contribution in [0.2, 0.25) is 0 Å². The Bertz CT molecular complexity index is 879. The van der Waals surface area contributed by atoms with Gasteiger partial charge in [-0.05, 0) is 98.5 Å². The summed E-state index contributed by atoms with van der Waals surface area (Å²) in [6, 6.07) is 10.5. The van der Waals surface area contributed by atoms with Gasteiger partial charge in [-0.3, -0.25) is 0 Å². The van der Waals surface area contributed by atoms with Crippen LogP contribution in [0.4, 0.5) is 4.39 Å². The smallest absolute Gasteiger partial charge is 0.134 e. The van der Waals surface area contributed by atoms with Crippen molar-refractivity contribution in [2.45, 2.75) is 97.3 Å². The molecule has 0 aromatic heterocycles. The molecule has 2 aromatic carbocycles. The first kappa shape index (κ1) is 23.5. The largest absolute Gasteiger partial charge is 0.206 e. The van der Waals surface area contributed by atoms with E-state index in [-0.39, 0.29) is 5.82 Å². The zero-order valence-corrected chi connectivity index (χ0v) is 20.4. The van der Waals surface area contributed by atoms with Crippen molar-refractivity contribution < 1.29 is 4.39 Å². The van der Waals surface area contributed by atoms with Crippen molar-refractivity contribution in [3.8, 4) is 0 Å². The highest BCUT2D eigenvalue weighted by atomic mass is 19.1. The van der Waals surface area contributed by atoms with Crippen molar-refractivity contribution in [1.29, 1.82) is 0 Å². The molecule has 2 aliphatic carbocycles. The van der Waals surface area contributed by atoms with Gasteiger partial charge in [0.1, 0.15) is 5.82 Å². The quantitative estimate of drug-likeness (QED) is 0.363. The lowest BCUT2D eigenvalue weighted by Crippen LogP contribution is -2.25. The topological polar surface area (TPSA) is 0 Å². The van der Waals surface area contributed by atoms with Gasteiger partial charge in [0.05, 0.1) is 0 Å². The van der Waals surface area contributed by atoms with Crippen LogP contribution in [0, 0.1) is 29.5 Å². The first-order chi connectivity index (χ1) is 15.7. The Morgan fingerprint density at radius 1 is 0.844 bits per heavy atom. The van der Waals surface area contributed by atoms with Gasteiger partial charge >= 0.3 is 0 Å². The maximum absolute atomic E-state index is 14.9. The Kier molecular flexibility index (Phi) is 8.44. The third-order valence-electron chi connectivity index (χ3n) is 8.78. The maximum atomic E-state index is 14.9. The Balaban J connectivity index is 1.27. The van der Waals surface area contributed by atoms with E-state index in [1.807, 2.05) is 25.1 Å². The minimum atomic E-state index is -0.0233. The van der Waals surface area contributed by atoms with Gasteiger partial charge in [-0.1, -0.05) is 81.5 Å². The second-order valence-electron chi connectivity index (χ2n) is 10.7. The van der Waals surface area contributed by atoms with E-state index in [1.54, 1.807) is 0 Å². The highest BCUT2D eigenvalue weighted by Gasteiger charge is 2.30. The summed E-state index contributed by atoms with van der Waals surface area (Å²) >= 11 is 0. The van der Waals surface area contributed by atoms with Gasteiger partial charge in [0.25, 0.3) is 0 Å². The summed E-state index contributed by atoms with van der Waals surface area (Å²) in [6.45, 7) is 4.38. The number of fused-ring (bicyclic) bond motifs is 1. The number of allylic oxidation sites excluding steroid dienone is 2. The molecule has 0 saturated heterocycles. The number of hydrogen-bond acceptors (Lipinski definition) is 0. The normalized spacial score (nSPS) is 26.7. The van der Waals surface area contributed by atoms with Gasteiger partial charge in [0.15, 0.2) is 0 Å². The van der Waals surface area contributed by atoms with Crippen molar-refractivity contribution >= 4 is 10.8 Å². The van der Waals surface area contributed by atoms with E-state index >= 15 is 0 Å². The molecule has 0 heterocycles. The molecule has 2 aliphatic rings. The second-order valence-corrected chi connectivity index (χ2v) is 10.7. The molecule has 0 radical (unpaired) electrons. The van der Waals surface area contributed by atoms with Gasteiger partial charge in [-0.2, -0.15) is 0 Å². The molecule has 4 rings (SSSR count). The van der Waals surface area contributed by atoms with Crippen molar-refractivity contribution in [3.63, 3.8) is 0 Å². The standard InChI is InChI=1S/C31H43F/c1-3-5-6-7-28-19-20-29-22-25(14-21-30(29)31(28)32)9-8-24-12-17-27(18-13-24)26-15-10-23(4-2)11-16-26/h3,5,14,19-24,26-27H,4,6-13,15-18H2,1-2H3/b5-3+. The predicted molar refractivity (Wildman–Crippen MR) is 137 cm³/mol. The lowest BCUT2D eigenvalue weighted by molar-refractivity contribution is 0.142. The second kappa shape index (κ2) is 11.5. The molecule has 0 nitrogen and oxygen atoms in total.